The summed E-state index contributed by atoms with van der Waals surface area (Å²) in [6, 6.07) is 0.524. The Morgan fingerprint density at radius 2 is 1.86 bits per heavy atom. The van der Waals surface area contributed by atoms with Crippen molar-refractivity contribution in [3.8, 4) is 0 Å². The van der Waals surface area contributed by atoms with Crippen LogP contribution in [0, 0.1) is 0 Å². The lowest BCUT2D eigenvalue weighted by Gasteiger charge is -2.27. The Labute approximate surface area is 86.9 Å². The Bertz CT molecular complexity index is 186. The molecule has 1 rings (SSSR count). The van der Waals surface area contributed by atoms with E-state index in [1.807, 2.05) is 6.92 Å². The first-order chi connectivity index (χ1) is 6.61. The molecule has 0 aromatic rings. The van der Waals surface area contributed by atoms with Crippen LogP contribution in [-0.2, 0) is 4.79 Å². The van der Waals surface area contributed by atoms with Crippen LogP contribution in [-0.4, -0.2) is 37.0 Å². The van der Waals surface area contributed by atoms with Gasteiger partial charge in [0.05, 0.1) is 6.04 Å². The van der Waals surface area contributed by atoms with Gasteiger partial charge in [-0.25, -0.2) is 0 Å². The fraction of sp³-hybridized carbons (Fsp3) is 0.909. The first-order valence-electron chi connectivity index (χ1n) is 5.58. The first-order valence-corrected chi connectivity index (χ1v) is 5.58. The van der Waals surface area contributed by atoms with Crippen LogP contribution in [0.3, 0.4) is 0 Å². The Morgan fingerprint density at radius 1 is 1.29 bits per heavy atom. The van der Waals surface area contributed by atoms with Crippen LogP contribution in [0.1, 0.15) is 39.0 Å². The van der Waals surface area contributed by atoms with Gasteiger partial charge in [-0.15, -0.1) is 0 Å². The summed E-state index contributed by atoms with van der Waals surface area (Å²) in [5.74, 6) is 0.176. The van der Waals surface area contributed by atoms with Crippen LogP contribution < -0.4 is 5.32 Å². The summed E-state index contributed by atoms with van der Waals surface area (Å²) in [7, 11) is 3.61. The molecule has 1 fully saturated rings. The van der Waals surface area contributed by atoms with E-state index in [1.165, 1.54) is 32.1 Å². The monoisotopic (exact) mass is 198 g/mol. The van der Waals surface area contributed by atoms with Crippen LogP contribution in [0.4, 0.5) is 0 Å². The molecule has 1 saturated carbocycles. The minimum Gasteiger partial charge on any atom is -0.347 e. The van der Waals surface area contributed by atoms with E-state index >= 15 is 0 Å². The van der Waals surface area contributed by atoms with E-state index in [2.05, 4.69) is 5.32 Å². The molecule has 1 N–H and O–H groups in total. The Balaban J connectivity index is 2.31. The molecule has 0 bridgehead atoms. The second kappa shape index (κ2) is 5.35. The van der Waals surface area contributed by atoms with E-state index < -0.39 is 0 Å². The fourth-order valence-electron chi connectivity index (χ4n) is 2.08. The van der Waals surface area contributed by atoms with E-state index in [0.717, 1.165) is 0 Å². The average molecular weight is 198 g/mol. The molecular formula is C11H22N2O. The van der Waals surface area contributed by atoms with Crippen LogP contribution in [0.25, 0.3) is 0 Å². The predicted octanol–water partition coefficient (Wildman–Crippen LogP) is 1.39. The molecule has 3 nitrogen and oxygen atoms in total. The van der Waals surface area contributed by atoms with Crippen LogP contribution in [0.2, 0.25) is 0 Å². The fourth-order valence-corrected chi connectivity index (χ4v) is 2.08. The van der Waals surface area contributed by atoms with Gasteiger partial charge in [0, 0.05) is 20.1 Å². The highest BCUT2D eigenvalue weighted by atomic mass is 16.2. The van der Waals surface area contributed by atoms with Crippen molar-refractivity contribution in [1.82, 2.24) is 10.2 Å². The summed E-state index contributed by atoms with van der Waals surface area (Å²) in [4.78, 5) is 13.2. The third-order valence-electron chi connectivity index (χ3n) is 2.90. The quantitative estimate of drug-likeness (QED) is 0.743. The van der Waals surface area contributed by atoms with Crippen LogP contribution in [0.5, 0.6) is 0 Å². The molecule has 1 atom stereocenters. The smallest absolute Gasteiger partial charge is 0.238 e. The highest BCUT2D eigenvalue weighted by molar-refractivity contribution is 5.80. The molecule has 3 heteroatoms. The summed E-state index contributed by atoms with van der Waals surface area (Å²) in [5, 5.41) is 3.41. The molecule has 1 aliphatic carbocycles. The molecule has 0 aromatic carbocycles. The highest BCUT2D eigenvalue weighted by Gasteiger charge is 2.20. The van der Waals surface area contributed by atoms with Gasteiger partial charge >= 0.3 is 0 Å². The lowest BCUT2D eigenvalue weighted by Crippen LogP contribution is -2.46. The zero-order valence-electron chi connectivity index (χ0n) is 9.55. The third-order valence-corrected chi connectivity index (χ3v) is 2.90. The standard InChI is InChI=1S/C11H22N2O/c1-9(11(14)13(2)3)12-10-7-5-4-6-8-10/h9-10,12H,4-8H2,1-3H3. The largest absolute Gasteiger partial charge is 0.347 e. The molecule has 1 unspecified atom stereocenters. The topological polar surface area (TPSA) is 32.3 Å². The van der Waals surface area contributed by atoms with E-state index in [-0.39, 0.29) is 11.9 Å². The van der Waals surface area contributed by atoms with E-state index in [4.69, 9.17) is 0 Å². The zero-order valence-corrected chi connectivity index (χ0v) is 9.55. The van der Waals surface area contributed by atoms with Gasteiger partial charge in [0.1, 0.15) is 0 Å². The summed E-state index contributed by atoms with van der Waals surface area (Å²) < 4.78 is 0. The number of amides is 1. The van der Waals surface area contributed by atoms with Gasteiger partial charge in [-0.05, 0) is 19.8 Å². The van der Waals surface area contributed by atoms with Gasteiger partial charge in [-0.1, -0.05) is 19.3 Å². The molecular weight excluding hydrogens is 176 g/mol. The van der Waals surface area contributed by atoms with Crippen molar-refractivity contribution >= 4 is 5.91 Å². The maximum atomic E-state index is 11.6. The predicted molar refractivity (Wildman–Crippen MR) is 58.2 cm³/mol. The maximum Gasteiger partial charge on any atom is 0.238 e. The van der Waals surface area contributed by atoms with Gasteiger partial charge in [-0.2, -0.15) is 0 Å². The minimum atomic E-state index is -0.0342. The van der Waals surface area contributed by atoms with Crippen molar-refractivity contribution < 1.29 is 4.79 Å². The second-order valence-corrected chi connectivity index (χ2v) is 4.46. The number of carbonyl (C=O) groups excluding carboxylic acids is 1. The van der Waals surface area contributed by atoms with Crippen LogP contribution >= 0.6 is 0 Å². The van der Waals surface area contributed by atoms with Gasteiger partial charge in [0.2, 0.25) is 5.91 Å². The number of hydrogen-bond donors (Lipinski definition) is 1. The van der Waals surface area contributed by atoms with E-state index in [1.54, 1.807) is 19.0 Å². The van der Waals surface area contributed by atoms with Crippen molar-refractivity contribution in [3.05, 3.63) is 0 Å². The van der Waals surface area contributed by atoms with Crippen molar-refractivity contribution in [2.75, 3.05) is 14.1 Å². The first kappa shape index (κ1) is 11.5. The lowest BCUT2D eigenvalue weighted by molar-refractivity contribution is -0.130. The molecule has 1 amide bonds. The van der Waals surface area contributed by atoms with Crippen molar-refractivity contribution in [3.63, 3.8) is 0 Å². The summed E-state index contributed by atoms with van der Waals surface area (Å²) in [6.07, 6.45) is 6.42. The molecule has 14 heavy (non-hydrogen) atoms. The molecule has 0 heterocycles. The number of carbonyl (C=O) groups is 1. The number of rotatable bonds is 3. The van der Waals surface area contributed by atoms with Gasteiger partial charge in [0.25, 0.3) is 0 Å². The SMILES string of the molecule is CC(NC1CCCCC1)C(=O)N(C)C. The molecule has 0 saturated heterocycles. The van der Waals surface area contributed by atoms with Crippen molar-refractivity contribution in [2.45, 2.75) is 51.1 Å². The Hall–Kier alpha value is -0.570. The van der Waals surface area contributed by atoms with Crippen molar-refractivity contribution in [1.29, 1.82) is 0 Å². The summed E-state index contributed by atoms with van der Waals surface area (Å²) in [5.41, 5.74) is 0. The molecule has 0 aromatic heterocycles. The lowest BCUT2D eigenvalue weighted by atomic mass is 9.95. The normalized spacial score (nSPS) is 20.5. The molecule has 1 aliphatic rings. The minimum absolute atomic E-state index is 0.0342. The molecule has 82 valence electrons. The number of nitrogens with zero attached hydrogens (tertiary/aromatic N) is 1. The molecule has 0 aliphatic heterocycles. The van der Waals surface area contributed by atoms with Crippen LogP contribution in [0.15, 0.2) is 0 Å². The highest BCUT2D eigenvalue weighted by Crippen LogP contribution is 2.17. The molecule has 0 radical (unpaired) electrons. The average Bonchev–Trinajstić information content (AvgIpc) is 2.18. The Morgan fingerprint density at radius 3 is 2.36 bits per heavy atom. The van der Waals surface area contributed by atoms with E-state index in [0.29, 0.717) is 6.04 Å². The van der Waals surface area contributed by atoms with Gasteiger partial charge < -0.3 is 10.2 Å². The van der Waals surface area contributed by atoms with Crippen molar-refractivity contribution in [2.24, 2.45) is 0 Å². The summed E-state index contributed by atoms with van der Waals surface area (Å²) >= 11 is 0. The Kier molecular flexibility index (Phi) is 4.39. The molecule has 0 spiro atoms. The van der Waals surface area contributed by atoms with E-state index in [9.17, 15) is 4.79 Å². The summed E-state index contributed by atoms with van der Waals surface area (Å²) in [6.45, 7) is 1.96. The maximum absolute atomic E-state index is 11.6. The number of nitrogens with one attached hydrogen (secondary N) is 1. The second-order valence-electron chi connectivity index (χ2n) is 4.46. The zero-order chi connectivity index (χ0) is 10.6. The van der Waals surface area contributed by atoms with Gasteiger partial charge in [-0.3, -0.25) is 4.79 Å². The number of likely N-dealkylation sites (N-methyl/N-ethyl adjacent to an activating group) is 1. The van der Waals surface area contributed by atoms with Gasteiger partial charge in [0.15, 0.2) is 0 Å². The third kappa shape index (κ3) is 3.29. The number of hydrogen-bond acceptors (Lipinski definition) is 2.